The van der Waals surface area contributed by atoms with Crippen LogP contribution in [0.15, 0.2) is 0 Å². The molecular formula is C10H16N2O3. The zero-order valence-electron chi connectivity index (χ0n) is 8.65. The van der Waals surface area contributed by atoms with E-state index in [4.69, 9.17) is 10.5 Å². The summed E-state index contributed by atoms with van der Waals surface area (Å²) in [4.78, 5) is 24.6. The molecule has 0 radical (unpaired) electrons. The molecule has 1 amide bonds. The molecule has 0 aromatic carbocycles. The number of nitrogens with two attached hydrogens (primary N) is 1. The Labute approximate surface area is 88.5 Å². The van der Waals surface area contributed by atoms with Gasteiger partial charge in [-0.05, 0) is 12.8 Å². The van der Waals surface area contributed by atoms with Crippen LogP contribution in [0.5, 0.6) is 0 Å². The second-order valence-electron chi connectivity index (χ2n) is 4.20. The summed E-state index contributed by atoms with van der Waals surface area (Å²) >= 11 is 0. The molecule has 15 heavy (non-hydrogen) atoms. The standard InChI is InChI=1S/C10H16N2O3/c11-10(14)8-6-15-4-3-12(8)5-9(13)7-1-2-7/h7-8H,1-6H2,(H2,11,14). The van der Waals surface area contributed by atoms with Crippen LogP contribution >= 0.6 is 0 Å². The maximum absolute atomic E-state index is 11.6. The third-order valence-electron chi connectivity index (χ3n) is 2.96. The maximum Gasteiger partial charge on any atom is 0.237 e. The molecule has 1 atom stereocenters. The van der Waals surface area contributed by atoms with Crippen LogP contribution < -0.4 is 5.73 Å². The van der Waals surface area contributed by atoms with Gasteiger partial charge in [0.15, 0.2) is 0 Å². The zero-order valence-corrected chi connectivity index (χ0v) is 8.65. The SMILES string of the molecule is NC(=O)C1COCCN1CC(=O)C1CC1. The van der Waals surface area contributed by atoms with E-state index in [0.717, 1.165) is 12.8 Å². The second-order valence-corrected chi connectivity index (χ2v) is 4.20. The predicted octanol–water partition coefficient (Wildman–Crippen LogP) is -0.848. The molecule has 5 nitrogen and oxygen atoms in total. The molecule has 1 aliphatic carbocycles. The van der Waals surface area contributed by atoms with Crippen molar-refractivity contribution in [3.8, 4) is 0 Å². The summed E-state index contributed by atoms with van der Waals surface area (Å²) in [6.45, 7) is 1.85. The lowest BCUT2D eigenvalue weighted by atomic mass is 10.1. The molecule has 84 valence electrons. The Morgan fingerprint density at radius 3 is 2.73 bits per heavy atom. The lowest BCUT2D eigenvalue weighted by Crippen LogP contribution is -2.54. The predicted molar refractivity (Wildman–Crippen MR) is 53.1 cm³/mol. The van der Waals surface area contributed by atoms with Crippen molar-refractivity contribution < 1.29 is 14.3 Å². The van der Waals surface area contributed by atoms with Crippen LogP contribution in [0.4, 0.5) is 0 Å². The smallest absolute Gasteiger partial charge is 0.237 e. The molecule has 2 fully saturated rings. The number of morpholine rings is 1. The number of Topliss-reactive ketones (excluding diaryl/α,β-unsaturated/α-hetero) is 1. The molecule has 5 heteroatoms. The number of carbonyl (C=O) groups excluding carboxylic acids is 2. The molecule has 1 heterocycles. The number of hydrogen-bond donors (Lipinski definition) is 1. The van der Waals surface area contributed by atoms with Crippen molar-refractivity contribution in [3.63, 3.8) is 0 Å². The Balaban J connectivity index is 1.91. The Hall–Kier alpha value is -0.940. The number of ether oxygens (including phenoxy) is 1. The summed E-state index contributed by atoms with van der Waals surface area (Å²) in [5.74, 6) is 0.0721. The van der Waals surface area contributed by atoms with Crippen LogP contribution in [0.2, 0.25) is 0 Å². The summed E-state index contributed by atoms with van der Waals surface area (Å²) in [5, 5.41) is 0. The molecule has 0 spiro atoms. The first kappa shape index (κ1) is 10.6. The highest BCUT2D eigenvalue weighted by atomic mass is 16.5. The fourth-order valence-corrected chi connectivity index (χ4v) is 1.82. The number of rotatable bonds is 4. The number of amides is 1. The number of ketones is 1. The quantitative estimate of drug-likeness (QED) is 0.659. The summed E-state index contributed by atoms with van der Waals surface area (Å²) in [7, 11) is 0. The van der Waals surface area contributed by atoms with Gasteiger partial charge in [-0.2, -0.15) is 0 Å². The van der Waals surface area contributed by atoms with Gasteiger partial charge in [0.2, 0.25) is 5.91 Å². The van der Waals surface area contributed by atoms with Gasteiger partial charge < -0.3 is 10.5 Å². The van der Waals surface area contributed by atoms with Gasteiger partial charge in [0.05, 0.1) is 19.8 Å². The van der Waals surface area contributed by atoms with Crippen LogP contribution in [0.1, 0.15) is 12.8 Å². The Kier molecular flexibility index (Phi) is 3.02. The summed E-state index contributed by atoms with van der Waals surface area (Å²) in [6.07, 6.45) is 2.01. The summed E-state index contributed by atoms with van der Waals surface area (Å²) in [5.41, 5.74) is 5.25. The fraction of sp³-hybridized carbons (Fsp3) is 0.800. The lowest BCUT2D eigenvalue weighted by molar-refractivity contribution is -0.132. The summed E-state index contributed by atoms with van der Waals surface area (Å²) in [6, 6.07) is -0.429. The monoisotopic (exact) mass is 212 g/mol. The van der Waals surface area contributed by atoms with E-state index in [2.05, 4.69) is 0 Å². The molecular weight excluding hydrogens is 196 g/mol. The number of primary amides is 1. The highest BCUT2D eigenvalue weighted by molar-refractivity contribution is 5.86. The molecule has 1 aliphatic heterocycles. The van der Waals surface area contributed by atoms with Crippen molar-refractivity contribution in [1.29, 1.82) is 0 Å². The number of nitrogens with zero attached hydrogens (tertiary/aromatic N) is 1. The first-order valence-electron chi connectivity index (χ1n) is 5.32. The van der Waals surface area contributed by atoms with E-state index >= 15 is 0 Å². The van der Waals surface area contributed by atoms with Crippen molar-refractivity contribution in [2.75, 3.05) is 26.3 Å². The third kappa shape index (κ3) is 2.54. The average Bonchev–Trinajstić information content (AvgIpc) is 3.01. The molecule has 0 bridgehead atoms. The van der Waals surface area contributed by atoms with Crippen molar-refractivity contribution in [1.82, 2.24) is 4.90 Å². The number of carbonyl (C=O) groups is 2. The van der Waals surface area contributed by atoms with Crippen molar-refractivity contribution in [2.24, 2.45) is 11.7 Å². The van der Waals surface area contributed by atoms with E-state index < -0.39 is 11.9 Å². The largest absolute Gasteiger partial charge is 0.378 e. The summed E-state index contributed by atoms with van der Waals surface area (Å²) < 4.78 is 5.18. The van der Waals surface area contributed by atoms with Crippen LogP contribution in [0, 0.1) is 5.92 Å². The average molecular weight is 212 g/mol. The van der Waals surface area contributed by atoms with E-state index in [-0.39, 0.29) is 11.7 Å². The molecule has 2 rings (SSSR count). The van der Waals surface area contributed by atoms with Gasteiger partial charge in [-0.25, -0.2) is 0 Å². The highest BCUT2D eigenvalue weighted by Crippen LogP contribution is 2.30. The molecule has 1 saturated carbocycles. The third-order valence-corrected chi connectivity index (χ3v) is 2.96. The zero-order chi connectivity index (χ0) is 10.8. The van der Waals surface area contributed by atoms with Gasteiger partial charge >= 0.3 is 0 Å². The van der Waals surface area contributed by atoms with Crippen molar-refractivity contribution in [2.45, 2.75) is 18.9 Å². The minimum atomic E-state index is -0.429. The van der Waals surface area contributed by atoms with E-state index in [1.165, 1.54) is 0 Å². The van der Waals surface area contributed by atoms with Gasteiger partial charge in [0.25, 0.3) is 0 Å². The van der Waals surface area contributed by atoms with Gasteiger partial charge in [-0.1, -0.05) is 0 Å². The Morgan fingerprint density at radius 2 is 2.13 bits per heavy atom. The molecule has 1 saturated heterocycles. The molecule has 0 aromatic heterocycles. The molecule has 2 N–H and O–H groups in total. The maximum atomic E-state index is 11.6. The van der Waals surface area contributed by atoms with E-state index in [0.29, 0.717) is 26.3 Å². The van der Waals surface area contributed by atoms with Crippen LogP contribution in [-0.2, 0) is 14.3 Å². The normalized spacial score (nSPS) is 27.6. The van der Waals surface area contributed by atoms with Gasteiger partial charge in [-0.3, -0.25) is 14.5 Å². The van der Waals surface area contributed by atoms with Crippen LogP contribution in [-0.4, -0.2) is 48.9 Å². The van der Waals surface area contributed by atoms with E-state index in [1.54, 1.807) is 0 Å². The number of hydrogen-bond acceptors (Lipinski definition) is 4. The first-order valence-corrected chi connectivity index (χ1v) is 5.32. The van der Waals surface area contributed by atoms with Gasteiger partial charge in [-0.15, -0.1) is 0 Å². The van der Waals surface area contributed by atoms with Crippen LogP contribution in [0.3, 0.4) is 0 Å². The molecule has 0 aromatic rings. The minimum Gasteiger partial charge on any atom is -0.378 e. The molecule has 2 aliphatic rings. The highest BCUT2D eigenvalue weighted by Gasteiger charge is 2.34. The van der Waals surface area contributed by atoms with Gasteiger partial charge in [0, 0.05) is 12.5 Å². The Bertz CT molecular complexity index is 276. The Morgan fingerprint density at radius 1 is 1.40 bits per heavy atom. The van der Waals surface area contributed by atoms with Crippen molar-refractivity contribution >= 4 is 11.7 Å². The second kappa shape index (κ2) is 4.28. The van der Waals surface area contributed by atoms with E-state index in [9.17, 15) is 9.59 Å². The van der Waals surface area contributed by atoms with Crippen LogP contribution in [0.25, 0.3) is 0 Å². The van der Waals surface area contributed by atoms with Crippen molar-refractivity contribution in [3.05, 3.63) is 0 Å². The first-order chi connectivity index (χ1) is 7.18. The minimum absolute atomic E-state index is 0.237. The topological polar surface area (TPSA) is 72.6 Å². The van der Waals surface area contributed by atoms with E-state index in [1.807, 2.05) is 4.90 Å². The fourth-order valence-electron chi connectivity index (χ4n) is 1.82. The lowest BCUT2D eigenvalue weighted by Gasteiger charge is -2.32. The van der Waals surface area contributed by atoms with Gasteiger partial charge in [0.1, 0.15) is 11.8 Å². The molecule has 1 unspecified atom stereocenters.